The van der Waals surface area contributed by atoms with E-state index in [1.54, 1.807) is 104 Å². The first-order chi connectivity index (χ1) is 41.2. The van der Waals surface area contributed by atoms with E-state index in [0.717, 1.165) is 5.56 Å². The summed E-state index contributed by atoms with van der Waals surface area (Å²) >= 11 is 0. The molecule has 0 aliphatic carbocycles. The second-order valence-electron chi connectivity index (χ2n) is 27.3. The van der Waals surface area contributed by atoms with Crippen molar-refractivity contribution in [3.8, 4) is 0 Å². The maximum atomic E-state index is 12.9. The molecule has 0 spiro atoms. The summed E-state index contributed by atoms with van der Waals surface area (Å²) < 4.78 is 31.7. The van der Waals surface area contributed by atoms with E-state index in [4.69, 9.17) is 63.5 Å². The van der Waals surface area contributed by atoms with E-state index in [0.29, 0.717) is 6.42 Å². The summed E-state index contributed by atoms with van der Waals surface area (Å²) in [5.41, 5.74) is 1.94. The molecule has 0 aliphatic heterocycles. The number of nitrogens with two attached hydrogens (primary N) is 1. The number of carbonyl (C=O) groups is 10. The number of carbonyl (C=O) groups excluding carboxylic acids is 12. The molecule has 0 radical (unpaired) electrons. The number of urea groups is 2. The van der Waals surface area contributed by atoms with Crippen molar-refractivity contribution < 1.29 is 126 Å². The standard InChI is InChI=1S/C29H46N2O7.C22H40N2O7.C9H17NO4.C2H6.2CO2.CH3.ClH.Pd/c1-27(2,3)22(16-18-23(32)36-19-20-13-11-10-12-14-20)31-26(35)30-21(25(34)38-29(7,8)9)15-17-24(33)37-28(4,5)6;1-20(2,3)15(11-12-16(25)26)24-19(29)23-14(18(28)31-22(7,8)9)10-13-17(27)30-21(4,5)6;1-9(2,3)14-7(11)5-4-6(10)8(12)13;1-2;2*2-1-3;;;/h10-14,21-22H,15-19H2,1-9H3,(H2,30,31,35);14-15H,10-13H2,1-9H3,(H,25,26)(H2,23,24,29);6H,4-5,10H2,1-3H3,(H,12,13);1-2H3;;;1H3;1H;/q;;;;;;-1;;/t21-,22-;14-,15-;6-;;;;;;/m000....../s1. The van der Waals surface area contributed by atoms with Gasteiger partial charge in [0.1, 0.15) is 52.7 Å². The molecule has 8 N–H and O–H groups in total. The Balaban J connectivity index is -0.000000197. The molecule has 0 aromatic heterocycles. The number of hydrogen-bond donors (Lipinski definition) is 7. The molecule has 0 saturated heterocycles. The third kappa shape index (κ3) is 65.3. The third-order valence-electron chi connectivity index (χ3n) is 10.7. The average molecular weight is 1460 g/mol. The van der Waals surface area contributed by atoms with Crippen molar-refractivity contribution in [1.82, 2.24) is 21.3 Å². The topological polar surface area (TPSA) is 409 Å². The number of rotatable bonds is 24. The molecule has 27 nitrogen and oxygen atoms in total. The fourth-order valence-electron chi connectivity index (χ4n) is 6.84. The van der Waals surface area contributed by atoms with Gasteiger partial charge in [0.25, 0.3) is 0 Å². The number of halogens is 1. The molecule has 94 heavy (non-hydrogen) atoms. The zero-order valence-electron chi connectivity index (χ0n) is 59.9. The van der Waals surface area contributed by atoms with Gasteiger partial charge >= 0.3 is 72.1 Å². The summed E-state index contributed by atoms with van der Waals surface area (Å²) in [5.74, 6) is -5.12. The second kappa shape index (κ2) is 50.6. The molecule has 0 heterocycles. The third-order valence-corrected chi connectivity index (χ3v) is 10.7. The van der Waals surface area contributed by atoms with Gasteiger partial charge in [-0.1, -0.05) is 85.7 Å². The van der Waals surface area contributed by atoms with Gasteiger partial charge in [0.2, 0.25) is 0 Å². The van der Waals surface area contributed by atoms with Gasteiger partial charge in [0.05, 0.1) is 0 Å². The molecular formula is C65H113ClN5O22Pd-. The van der Waals surface area contributed by atoms with Crippen LogP contribution < -0.4 is 27.0 Å². The number of carboxylic acid groups (broad SMARTS) is 2. The largest absolute Gasteiger partial charge is 0.481 e. The fraction of sp³-hybridized carbons (Fsp3) is 0.708. The Hall–Kier alpha value is -6.81. The Labute approximate surface area is 577 Å². The van der Waals surface area contributed by atoms with Crippen LogP contribution in [0.4, 0.5) is 9.59 Å². The molecule has 0 aliphatic rings. The molecular weight excluding hydrogens is 1340 g/mol. The molecule has 29 heteroatoms. The summed E-state index contributed by atoms with van der Waals surface area (Å²) in [7, 11) is 0. The van der Waals surface area contributed by atoms with Gasteiger partial charge in [-0.05, 0) is 152 Å². The molecule has 0 unspecified atom stereocenters. The van der Waals surface area contributed by atoms with Crippen LogP contribution in [0.5, 0.6) is 0 Å². The zero-order chi connectivity index (χ0) is 72.5. The number of aliphatic carboxylic acids is 2. The minimum Gasteiger partial charge on any atom is -0.481 e. The molecule has 1 aromatic carbocycles. The van der Waals surface area contributed by atoms with E-state index in [-0.39, 0.29) is 128 Å². The number of nitrogens with one attached hydrogen (secondary N) is 4. The minimum atomic E-state index is -1.10. The first-order valence-electron chi connectivity index (χ1n) is 29.8. The van der Waals surface area contributed by atoms with Crippen LogP contribution in [0.3, 0.4) is 0 Å². The van der Waals surface area contributed by atoms with Crippen LogP contribution in [0.2, 0.25) is 0 Å². The van der Waals surface area contributed by atoms with Gasteiger partial charge in [0.15, 0.2) is 0 Å². The first kappa shape index (κ1) is 103. The molecule has 5 atom stereocenters. The monoisotopic (exact) mass is 1460 g/mol. The number of benzene rings is 1. The van der Waals surface area contributed by atoms with E-state index in [2.05, 4.69) is 21.3 Å². The Morgan fingerprint density at radius 2 is 0.723 bits per heavy atom. The van der Waals surface area contributed by atoms with Crippen molar-refractivity contribution >= 4 is 84.5 Å². The van der Waals surface area contributed by atoms with Crippen LogP contribution in [0.1, 0.15) is 229 Å². The zero-order valence-corrected chi connectivity index (χ0v) is 62.3. The van der Waals surface area contributed by atoms with Crippen molar-refractivity contribution in [3.63, 3.8) is 0 Å². The number of hydrogen-bond acceptors (Lipinski definition) is 21. The number of carboxylic acids is 2. The van der Waals surface area contributed by atoms with E-state index < -0.39 is 117 Å². The molecule has 0 saturated carbocycles. The molecule has 1 aromatic rings. The molecule has 4 amide bonds. The Morgan fingerprint density at radius 1 is 0.447 bits per heavy atom. The van der Waals surface area contributed by atoms with Crippen LogP contribution in [-0.4, -0.2) is 141 Å². The Kier molecular flexibility index (Phi) is 55.6. The van der Waals surface area contributed by atoms with E-state index in [1.807, 2.05) is 85.7 Å². The SMILES string of the molecule is CC.CC(C)(C)OC(=O)CC[C@H](N)C(=O)O.CC(C)(C)OC(=O)CC[C@H](NC(=O)N[C@@H](CCC(=O)O)C(C)(C)C)C(=O)OC(C)(C)C.CC(C)(C)OC(=O)CC[C@H](NC(=O)N[C@@H](CCC(=O)OCc1ccccc1)C(C)(C)C)C(=O)OC(C)(C)C.Cl.O=C=O.O=C=O.[CH3-].[Pd]. The van der Waals surface area contributed by atoms with E-state index in [1.165, 1.54) is 0 Å². The number of ether oxygens (including phenoxy) is 6. The molecule has 0 fully saturated rings. The van der Waals surface area contributed by atoms with Crippen molar-refractivity contribution in [2.24, 2.45) is 16.6 Å². The maximum absolute atomic E-state index is 12.9. The summed E-state index contributed by atoms with van der Waals surface area (Å²) in [6.45, 7) is 41.7. The molecule has 548 valence electrons. The van der Waals surface area contributed by atoms with Gasteiger partial charge in [0, 0.05) is 64.6 Å². The van der Waals surface area contributed by atoms with Gasteiger partial charge in [-0.25, -0.2) is 19.2 Å². The normalized spacial score (nSPS) is 12.4. The van der Waals surface area contributed by atoms with Crippen LogP contribution >= 0.6 is 12.4 Å². The second-order valence-corrected chi connectivity index (χ2v) is 27.3. The van der Waals surface area contributed by atoms with E-state index in [9.17, 15) is 47.9 Å². The van der Waals surface area contributed by atoms with Gasteiger partial charge in [-0.2, -0.15) is 19.2 Å². The fourth-order valence-corrected chi connectivity index (χ4v) is 6.84. The van der Waals surface area contributed by atoms with Gasteiger partial charge in [-0.3, -0.25) is 28.8 Å². The van der Waals surface area contributed by atoms with Crippen molar-refractivity contribution in [1.29, 1.82) is 0 Å². The van der Waals surface area contributed by atoms with Crippen LogP contribution in [0.15, 0.2) is 30.3 Å². The van der Waals surface area contributed by atoms with Gasteiger partial charge in [-0.15, -0.1) is 12.4 Å². The first-order valence-corrected chi connectivity index (χ1v) is 29.8. The quantitative estimate of drug-likeness (QED) is 0.0219. The Bertz CT molecular complexity index is 2440. The smallest absolute Gasteiger partial charge is 0.373 e. The van der Waals surface area contributed by atoms with Crippen molar-refractivity contribution in [3.05, 3.63) is 43.3 Å². The van der Waals surface area contributed by atoms with Crippen LogP contribution in [-0.2, 0) is 113 Å². The number of esters is 6. The van der Waals surface area contributed by atoms with Crippen LogP contribution in [0, 0.1) is 18.3 Å². The van der Waals surface area contributed by atoms with Gasteiger partial charge < -0.3 is 73.1 Å². The summed E-state index contributed by atoms with van der Waals surface area (Å²) in [5, 5.41) is 28.2. The van der Waals surface area contributed by atoms with Crippen molar-refractivity contribution in [2.45, 2.75) is 288 Å². The molecule has 0 bridgehead atoms. The predicted molar refractivity (Wildman–Crippen MR) is 347 cm³/mol. The summed E-state index contributed by atoms with van der Waals surface area (Å²) in [6.07, 6.45) is 1.10. The molecule has 1 rings (SSSR count). The average Bonchev–Trinajstić information content (AvgIpc) is 0.886. The minimum absolute atomic E-state index is 0. The van der Waals surface area contributed by atoms with Crippen LogP contribution in [0.25, 0.3) is 0 Å². The Morgan fingerprint density at radius 3 is 0.989 bits per heavy atom. The van der Waals surface area contributed by atoms with Crippen molar-refractivity contribution in [2.75, 3.05) is 0 Å². The number of amides is 4. The predicted octanol–water partition coefficient (Wildman–Crippen LogP) is 9.70. The van der Waals surface area contributed by atoms with E-state index >= 15 is 0 Å². The summed E-state index contributed by atoms with van der Waals surface area (Å²) in [4.78, 5) is 152. The maximum Gasteiger partial charge on any atom is 0.373 e. The summed E-state index contributed by atoms with van der Waals surface area (Å²) in [6, 6.07) is 4.22.